The highest BCUT2D eigenvalue weighted by Gasteiger charge is 2.20. The maximum absolute atomic E-state index is 5.09. The van der Waals surface area contributed by atoms with Gasteiger partial charge in [0.25, 0.3) is 0 Å². The van der Waals surface area contributed by atoms with Crippen LogP contribution >= 0.6 is 11.3 Å². The Labute approximate surface area is 76.6 Å². The van der Waals surface area contributed by atoms with Crippen LogP contribution in [-0.2, 0) is 4.74 Å². The van der Waals surface area contributed by atoms with Crippen LogP contribution in [0.4, 0.5) is 0 Å². The van der Waals surface area contributed by atoms with Crippen LogP contribution in [0, 0.1) is 0 Å². The molecule has 2 heterocycles. The largest absolute Gasteiger partial charge is 0.378 e. The molecule has 0 bridgehead atoms. The van der Waals surface area contributed by atoms with Crippen molar-refractivity contribution in [3.05, 3.63) is 22.4 Å². The quantitative estimate of drug-likeness (QED) is 0.771. The summed E-state index contributed by atoms with van der Waals surface area (Å²) >= 11 is 1.75. The predicted molar refractivity (Wildman–Crippen MR) is 50.5 cm³/mol. The van der Waals surface area contributed by atoms with Crippen molar-refractivity contribution in [2.75, 3.05) is 13.2 Å². The third-order valence-corrected chi connectivity index (χ3v) is 2.87. The number of nitrogens with one attached hydrogen (secondary N) is 1. The second-order valence-electron chi connectivity index (χ2n) is 3.18. The van der Waals surface area contributed by atoms with Crippen molar-refractivity contribution in [1.29, 1.82) is 0 Å². The van der Waals surface area contributed by atoms with Crippen molar-refractivity contribution in [3.8, 4) is 0 Å². The van der Waals surface area contributed by atoms with E-state index in [1.54, 1.807) is 11.3 Å². The second-order valence-corrected chi connectivity index (χ2v) is 3.96. The molecular weight excluding hydrogens is 170 g/mol. The van der Waals surface area contributed by atoms with Gasteiger partial charge in [0.1, 0.15) is 0 Å². The minimum absolute atomic E-state index is 0.463. The normalized spacial score (nSPS) is 20.4. The maximum atomic E-state index is 5.09. The summed E-state index contributed by atoms with van der Waals surface area (Å²) in [5.41, 5.74) is 1.38. The molecule has 3 heteroatoms. The van der Waals surface area contributed by atoms with Gasteiger partial charge >= 0.3 is 0 Å². The first kappa shape index (κ1) is 8.23. The minimum Gasteiger partial charge on any atom is -0.378 e. The molecule has 2 rings (SSSR count). The predicted octanol–water partition coefficient (Wildman–Crippen LogP) is 1.80. The molecule has 1 aromatic heterocycles. The van der Waals surface area contributed by atoms with Gasteiger partial charge in [0.2, 0.25) is 0 Å². The highest BCUT2D eigenvalue weighted by molar-refractivity contribution is 7.07. The monoisotopic (exact) mass is 183 g/mol. The van der Waals surface area contributed by atoms with Crippen LogP contribution in [0.5, 0.6) is 0 Å². The molecule has 1 aromatic rings. The van der Waals surface area contributed by atoms with E-state index < -0.39 is 0 Å². The lowest BCUT2D eigenvalue weighted by Gasteiger charge is -2.29. The summed E-state index contributed by atoms with van der Waals surface area (Å²) in [6, 6.07) is 3.20. The van der Waals surface area contributed by atoms with Gasteiger partial charge in [0.05, 0.1) is 19.3 Å². The Morgan fingerprint density at radius 1 is 1.67 bits per heavy atom. The summed E-state index contributed by atoms with van der Waals surface area (Å²) in [6.07, 6.45) is 0. The zero-order valence-corrected chi connectivity index (χ0v) is 7.93. The van der Waals surface area contributed by atoms with Crippen LogP contribution in [0.1, 0.15) is 18.5 Å². The molecule has 1 unspecified atom stereocenters. The topological polar surface area (TPSA) is 21.3 Å². The number of hydrogen-bond donors (Lipinski definition) is 1. The van der Waals surface area contributed by atoms with Gasteiger partial charge in [0.15, 0.2) is 0 Å². The fraction of sp³-hybridized carbons (Fsp3) is 0.556. The lowest BCUT2D eigenvalue weighted by molar-refractivity contribution is -0.00923. The van der Waals surface area contributed by atoms with Crippen LogP contribution in [-0.4, -0.2) is 19.3 Å². The summed E-state index contributed by atoms with van der Waals surface area (Å²) in [6.45, 7) is 3.93. The third-order valence-electron chi connectivity index (χ3n) is 2.17. The first-order valence-corrected chi connectivity index (χ1v) is 5.16. The van der Waals surface area contributed by atoms with E-state index in [1.165, 1.54) is 5.56 Å². The smallest absolute Gasteiger partial charge is 0.0643 e. The third kappa shape index (κ3) is 1.68. The van der Waals surface area contributed by atoms with Crippen LogP contribution in [0.25, 0.3) is 0 Å². The van der Waals surface area contributed by atoms with E-state index >= 15 is 0 Å². The zero-order chi connectivity index (χ0) is 8.39. The van der Waals surface area contributed by atoms with Gasteiger partial charge < -0.3 is 10.1 Å². The lowest BCUT2D eigenvalue weighted by Crippen LogP contribution is -2.46. The van der Waals surface area contributed by atoms with E-state index in [0.29, 0.717) is 12.1 Å². The first-order valence-electron chi connectivity index (χ1n) is 4.22. The molecule has 0 spiro atoms. The summed E-state index contributed by atoms with van der Waals surface area (Å²) in [7, 11) is 0. The van der Waals surface area contributed by atoms with E-state index in [-0.39, 0.29) is 0 Å². The van der Waals surface area contributed by atoms with Gasteiger partial charge in [-0.1, -0.05) is 0 Å². The standard InChI is InChI=1S/C9H13NOS/c1-7(8-2-3-12-6-8)10-9-4-11-5-9/h2-3,6-7,9-10H,4-5H2,1H3. The summed E-state index contributed by atoms with van der Waals surface area (Å²) in [5.74, 6) is 0. The van der Waals surface area contributed by atoms with E-state index in [0.717, 1.165) is 13.2 Å². The van der Waals surface area contributed by atoms with E-state index in [4.69, 9.17) is 4.74 Å². The lowest BCUT2D eigenvalue weighted by atomic mass is 10.1. The Balaban J connectivity index is 1.87. The molecule has 2 nitrogen and oxygen atoms in total. The minimum atomic E-state index is 0.463. The van der Waals surface area contributed by atoms with Crippen LogP contribution in [0.15, 0.2) is 16.8 Å². The Morgan fingerprint density at radius 2 is 2.50 bits per heavy atom. The number of ether oxygens (including phenoxy) is 1. The molecule has 1 N–H and O–H groups in total. The Morgan fingerprint density at radius 3 is 3.00 bits per heavy atom. The molecule has 0 radical (unpaired) electrons. The summed E-state index contributed by atoms with van der Waals surface area (Å²) in [5, 5.41) is 7.81. The number of thiophene rings is 1. The van der Waals surface area contributed by atoms with Crippen molar-refractivity contribution in [3.63, 3.8) is 0 Å². The Kier molecular flexibility index (Phi) is 2.44. The molecule has 0 aliphatic carbocycles. The van der Waals surface area contributed by atoms with Crippen molar-refractivity contribution >= 4 is 11.3 Å². The van der Waals surface area contributed by atoms with E-state index in [9.17, 15) is 0 Å². The molecule has 0 aromatic carbocycles. The second kappa shape index (κ2) is 3.56. The van der Waals surface area contributed by atoms with Gasteiger partial charge in [-0.25, -0.2) is 0 Å². The van der Waals surface area contributed by atoms with Crippen molar-refractivity contribution in [2.45, 2.75) is 19.0 Å². The molecule has 0 saturated carbocycles. The molecule has 1 saturated heterocycles. The molecular formula is C9H13NOS. The van der Waals surface area contributed by atoms with Crippen molar-refractivity contribution in [1.82, 2.24) is 5.32 Å². The van der Waals surface area contributed by atoms with Gasteiger partial charge in [0, 0.05) is 6.04 Å². The van der Waals surface area contributed by atoms with Crippen LogP contribution in [0.3, 0.4) is 0 Å². The zero-order valence-electron chi connectivity index (χ0n) is 7.12. The van der Waals surface area contributed by atoms with Gasteiger partial charge in [-0.15, -0.1) is 0 Å². The molecule has 1 fully saturated rings. The SMILES string of the molecule is CC(NC1COC1)c1ccsc1. The molecule has 1 atom stereocenters. The molecule has 66 valence electrons. The molecule has 1 aliphatic rings. The Bertz CT molecular complexity index is 231. The van der Waals surface area contributed by atoms with Crippen LogP contribution in [0.2, 0.25) is 0 Å². The summed E-state index contributed by atoms with van der Waals surface area (Å²) in [4.78, 5) is 0. The average molecular weight is 183 g/mol. The fourth-order valence-electron chi connectivity index (χ4n) is 1.30. The van der Waals surface area contributed by atoms with E-state index in [1.807, 2.05) is 0 Å². The highest BCUT2D eigenvalue weighted by atomic mass is 32.1. The van der Waals surface area contributed by atoms with E-state index in [2.05, 4.69) is 29.1 Å². The number of hydrogen-bond acceptors (Lipinski definition) is 3. The van der Waals surface area contributed by atoms with Gasteiger partial charge in [-0.2, -0.15) is 11.3 Å². The highest BCUT2D eigenvalue weighted by Crippen LogP contribution is 2.17. The fourth-order valence-corrected chi connectivity index (χ4v) is 2.06. The molecule has 0 amide bonds. The van der Waals surface area contributed by atoms with Crippen molar-refractivity contribution in [2.24, 2.45) is 0 Å². The van der Waals surface area contributed by atoms with Gasteiger partial charge in [-0.05, 0) is 29.3 Å². The Hall–Kier alpha value is -0.380. The molecule has 12 heavy (non-hydrogen) atoms. The van der Waals surface area contributed by atoms with Gasteiger partial charge in [-0.3, -0.25) is 0 Å². The van der Waals surface area contributed by atoms with Crippen LogP contribution < -0.4 is 5.32 Å². The maximum Gasteiger partial charge on any atom is 0.0643 e. The van der Waals surface area contributed by atoms with Crippen molar-refractivity contribution < 1.29 is 4.74 Å². The first-order chi connectivity index (χ1) is 5.86. The average Bonchev–Trinajstić information content (AvgIpc) is 2.47. The number of rotatable bonds is 3. The summed E-state index contributed by atoms with van der Waals surface area (Å²) < 4.78 is 5.09. The molecule has 1 aliphatic heterocycles.